The summed E-state index contributed by atoms with van der Waals surface area (Å²) in [6.07, 6.45) is -2.95. The molecular formula is C23H24F3N7O2. The molecule has 4 aromatic rings. The number of benzene rings is 1. The van der Waals surface area contributed by atoms with E-state index < -0.39 is 6.36 Å². The molecule has 0 aliphatic carbocycles. The highest BCUT2D eigenvalue weighted by Crippen LogP contribution is 2.27. The van der Waals surface area contributed by atoms with Crippen molar-refractivity contribution in [3.05, 3.63) is 59.9 Å². The normalized spacial score (nSPS) is 11.7. The third-order valence-electron chi connectivity index (χ3n) is 4.99. The van der Waals surface area contributed by atoms with Gasteiger partial charge in [0.25, 0.3) is 5.89 Å². The minimum atomic E-state index is -4.75. The molecule has 0 radical (unpaired) electrons. The maximum Gasteiger partial charge on any atom is 0.573 e. The Labute approximate surface area is 199 Å². The quantitative estimate of drug-likeness (QED) is 0.375. The van der Waals surface area contributed by atoms with Crippen LogP contribution in [0.5, 0.6) is 5.75 Å². The van der Waals surface area contributed by atoms with Gasteiger partial charge in [0.05, 0.1) is 6.54 Å². The van der Waals surface area contributed by atoms with Gasteiger partial charge in [0, 0.05) is 30.5 Å². The third kappa shape index (κ3) is 6.57. The van der Waals surface area contributed by atoms with Crippen LogP contribution in [0, 0.1) is 6.92 Å². The Morgan fingerprint density at radius 3 is 2.54 bits per heavy atom. The lowest BCUT2D eigenvalue weighted by molar-refractivity contribution is -0.274. The molecule has 184 valence electrons. The summed E-state index contributed by atoms with van der Waals surface area (Å²) in [5, 5.41) is 11.7. The number of aromatic nitrogens is 5. The van der Waals surface area contributed by atoms with E-state index in [2.05, 4.69) is 35.2 Å². The lowest BCUT2D eigenvalue weighted by Gasteiger charge is -2.11. The summed E-state index contributed by atoms with van der Waals surface area (Å²) in [5.74, 6) is 0.916. The smallest absolute Gasteiger partial charge is 0.406 e. The largest absolute Gasteiger partial charge is 0.573 e. The molecule has 35 heavy (non-hydrogen) atoms. The Morgan fingerprint density at radius 2 is 1.89 bits per heavy atom. The second kappa shape index (κ2) is 10.1. The predicted octanol–water partition coefficient (Wildman–Crippen LogP) is 4.22. The zero-order chi connectivity index (χ0) is 25.0. The van der Waals surface area contributed by atoms with Crippen LogP contribution in [0.4, 0.5) is 19.0 Å². The highest BCUT2D eigenvalue weighted by Gasteiger charge is 2.31. The number of nitrogens with zero attached hydrogens (tertiary/aromatic N) is 6. The molecule has 12 heteroatoms. The number of hydrogen-bond donors (Lipinski definition) is 1. The van der Waals surface area contributed by atoms with E-state index >= 15 is 0 Å². The SMILES string of the molecule is Cc1cc(-c2nc(-c3ccc(OC(F)(F)F)cc3)no2)nn1Cc1ccc(NCCN(C)C)nc1. The van der Waals surface area contributed by atoms with Gasteiger partial charge in [-0.15, -0.1) is 13.2 Å². The first-order valence-electron chi connectivity index (χ1n) is 10.7. The first kappa shape index (κ1) is 24.2. The number of ether oxygens (including phenoxy) is 1. The van der Waals surface area contributed by atoms with Crippen molar-refractivity contribution in [1.82, 2.24) is 29.8 Å². The Bertz CT molecular complexity index is 1250. The van der Waals surface area contributed by atoms with Gasteiger partial charge in [-0.2, -0.15) is 10.1 Å². The first-order valence-corrected chi connectivity index (χ1v) is 10.7. The van der Waals surface area contributed by atoms with E-state index in [4.69, 9.17) is 4.52 Å². The number of rotatable bonds is 9. The Hall–Kier alpha value is -3.93. The lowest BCUT2D eigenvalue weighted by Crippen LogP contribution is -2.21. The molecule has 3 aromatic heterocycles. The molecule has 9 nitrogen and oxygen atoms in total. The van der Waals surface area contributed by atoms with E-state index in [1.54, 1.807) is 10.9 Å². The molecule has 0 amide bonds. The monoisotopic (exact) mass is 487 g/mol. The molecule has 0 saturated carbocycles. The van der Waals surface area contributed by atoms with Gasteiger partial charge in [-0.3, -0.25) is 4.68 Å². The van der Waals surface area contributed by atoms with Crippen LogP contribution >= 0.6 is 0 Å². The Kier molecular flexibility index (Phi) is 7.01. The van der Waals surface area contributed by atoms with Crippen molar-refractivity contribution in [1.29, 1.82) is 0 Å². The number of alkyl halides is 3. The van der Waals surface area contributed by atoms with Gasteiger partial charge >= 0.3 is 6.36 Å². The highest BCUT2D eigenvalue weighted by molar-refractivity contribution is 5.59. The van der Waals surface area contributed by atoms with Crippen LogP contribution in [-0.4, -0.2) is 63.4 Å². The van der Waals surface area contributed by atoms with Crippen LogP contribution < -0.4 is 10.1 Å². The van der Waals surface area contributed by atoms with Crippen LogP contribution in [0.1, 0.15) is 11.3 Å². The van der Waals surface area contributed by atoms with E-state index in [1.807, 2.05) is 39.2 Å². The molecule has 0 atom stereocenters. The van der Waals surface area contributed by atoms with Gasteiger partial charge in [-0.25, -0.2) is 4.98 Å². The molecule has 3 heterocycles. The molecule has 0 aliphatic rings. The summed E-state index contributed by atoms with van der Waals surface area (Å²) in [4.78, 5) is 10.9. The van der Waals surface area contributed by atoms with Crippen LogP contribution in [0.3, 0.4) is 0 Å². The van der Waals surface area contributed by atoms with Crippen molar-refractivity contribution >= 4 is 5.82 Å². The minimum absolute atomic E-state index is 0.205. The number of aryl methyl sites for hydroxylation is 1. The third-order valence-corrected chi connectivity index (χ3v) is 4.99. The molecule has 0 saturated heterocycles. The fourth-order valence-electron chi connectivity index (χ4n) is 3.23. The summed E-state index contributed by atoms with van der Waals surface area (Å²) in [6.45, 7) is 4.14. The topological polar surface area (TPSA) is 94.1 Å². The van der Waals surface area contributed by atoms with Gasteiger partial charge in [-0.05, 0) is 63.0 Å². The molecule has 0 aliphatic heterocycles. The van der Waals surface area contributed by atoms with Crippen molar-refractivity contribution in [2.45, 2.75) is 19.8 Å². The van der Waals surface area contributed by atoms with Crippen LogP contribution in [0.25, 0.3) is 23.0 Å². The van der Waals surface area contributed by atoms with Gasteiger partial charge in [-0.1, -0.05) is 11.2 Å². The van der Waals surface area contributed by atoms with E-state index in [-0.39, 0.29) is 17.5 Å². The minimum Gasteiger partial charge on any atom is -0.406 e. The number of pyridine rings is 1. The van der Waals surface area contributed by atoms with E-state index in [1.165, 1.54) is 24.3 Å². The average Bonchev–Trinajstić information content (AvgIpc) is 3.42. The first-order chi connectivity index (χ1) is 16.7. The number of halogens is 3. The maximum absolute atomic E-state index is 12.3. The summed E-state index contributed by atoms with van der Waals surface area (Å²) in [7, 11) is 4.03. The maximum atomic E-state index is 12.3. The number of likely N-dealkylation sites (N-methyl/N-ethyl adjacent to an activating group) is 1. The molecule has 0 unspecified atom stereocenters. The van der Waals surface area contributed by atoms with Gasteiger partial charge < -0.3 is 19.5 Å². The van der Waals surface area contributed by atoms with Crippen LogP contribution in [0.2, 0.25) is 0 Å². The van der Waals surface area contributed by atoms with E-state index in [0.29, 0.717) is 17.8 Å². The second-order valence-electron chi connectivity index (χ2n) is 8.11. The van der Waals surface area contributed by atoms with Crippen molar-refractivity contribution < 1.29 is 22.4 Å². The fraction of sp³-hybridized carbons (Fsp3) is 0.304. The molecule has 0 fully saturated rings. The van der Waals surface area contributed by atoms with Crippen molar-refractivity contribution in [3.8, 4) is 28.7 Å². The number of anilines is 1. The number of nitrogens with one attached hydrogen (secondary N) is 1. The Balaban J connectivity index is 1.42. The van der Waals surface area contributed by atoms with Crippen LogP contribution in [-0.2, 0) is 6.54 Å². The Morgan fingerprint density at radius 1 is 1.11 bits per heavy atom. The molecular weight excluding hydrogens is 463 g/mol. The molecule has 1 aromatic carbocycles. The standard InChI is InChI=1S/C23H24F3N7O2/c1-15-12-19(30-33(15)14-16-4-9-20(28-13-16)27-10-11-32(2)3)22-29-21(31-35-22)17-5-7-18(8-6-17)34-23(24,25)26/h4-9,12-13H,10-11,14H2,1-3H3,(H,27,28). The van der Waals surface area contributed by atoms with Gasteiger partial charge in [0.1, 0.15) is 11.6 Å². The molecule has 0 bridgehead atoms. The second-order valence-corrected chi connectivity index (χ2v) is 8.11. The van der Waals surface area contributed by atoms with Gasteiger partial charge in [0.2, 0.25) is 5.82 Å². The van der Waals surface area contributed by atoms with Crippen molar-refractivity contribution in [2.24, 2.45) is 0 Å². The van der Waals surface area contributed by atoms with E-state index in [9.17, 15) is 13.2 Å². The van der Waals surface area contributed by atoms with Crippen molar-refractivity contribution in [3.63, 3.8) is 0 Å². The van der Waals surface area contributed by atoms with Crippen molar-refractivity contribution in [2.75, 3.05) is 32.5 Å². The zero-order valence-corrected chi connectivity index (χ0v) is 19.4. The summed E-state index contributed by atoms with van der Waals surface area (Å²) >= 11 is 0. The summed E-state index contributed by atoms with van der Waals surface area (Å²) in [6, 6.07) is 11.0. The molecule has 0 spiro atoms. The van der Waals surface area contributed by atoms with E-state index in [0.717, 1.165) is 30.2 Å². The van der Waals surface area contributed by atoms with Crippen LogP contribution in [0.15, 0.2) is 53.2 Å². The predicted molar refractivity (Wildman–Crippen MR) is 123 cm³/mol. The summed E-state index contributed by atoms with van der Waals surface area (Å²) in [5.41, 5.74) is 2.85. The summed E-state index contributed by atoms with van der Waals surface area (Å²) < 4.78 is 48.0. The van der Waals surface area contributed by atoms with Gasteiger partial charge in [0.15, 0.2) is 5.69 Å². The fourth-order valence-corrected chi connectivity index (χ4v) is 3.23. The average molecular weight is 487 g/mol. The molecule has 1 N–H and O–H groups in total. The highest BCUT2D eigenvalue weighted by atomic mass is 19.4. The molecule has 4 rings (SSSR count). The number of hydrogen-bond acceptors (Lipinski definition) is 8. The zero-order valence-electron chi connectivity index (χ0n) is 19.4. The lowest BCUT2D eigenvalue weighted by atomic mass is 10.2.